The predicted octanol–water partition coefficient (Wildman–Crippen LogP) is 2.24. The maximum Gasteiger partial charge on any atom is 0.225 e. The van der Waals surface area contributed by atoms with Crippen molar-refractivity contribution < 1.29 is 4.79 Å². The van der Waals surface area contributed by atoms with Crippen LogP contribution in [0.4, 0.5) is 5.82 Å². The lowest BCUT2D eigenvalue weighted by atomic mass is 10.00. The molecule has 2 aliphatic rings. The number of aromatic nitrogens is 2. The second-order valence-electron chi connectivity index (χ2n) is 6.15. The summed E-state index contributed by atoms with van der Waals surface area (Å²) in [7, 11) is 0. The number of hydrogen-bond donors (Lipinski definition) is 2. The molecule has 0 saturated heterocycles. The molecule has 1 aromatic heterocycles. The summed E-state index contributed by atoms with van der Waals surface area (Å²) in [4.78, 5) is 12.1. The van der Waals surface area contributed by atoms with E-state index in [9.17, 15) is 4.79 Å². The SMILES string of the molecule is CCn1nc(NC(=O)C[C@@H]2CCC[C@H]2N)cc1C1CC1. The van der Waals surface area contributed by atoms with E-state index in [2.05, 4.69) is 17.3 Å². The van der Waals surface area contributed by atoms with Gasteiger partial charge in [0.1, 0.15) is 0 Å². The largest absolute Gasteiger partial charge is 0.327 e. The summed E-state index contributed by atoms with van der Waals surface area (Å²) < 4.78 is 2.01. The van der Waals surface area contributed by atoms with Crippen LogP contribution < -0.4 is 11.1 Å². The molecule has 2 fully saturated rings. The number of rotatable bonds is 5. The van der Waals surface area contributed by atoms with Gasteiger partial charge in [0, 0.05) is 36.7 Å². The molecule has 0 aromatic carbocycles. The van der Waals surface area contributed by atoms with Crippen LogP contribution in [0.3, 0.4) is 0 Å². The molecule has 1 amide bonds. The molecule has 0 aliphatic heterocycles. The number of carbonyl (C=O) groups excluding carboxylic acids is 1. The Bertz CT molecular complexity index is 492. The molecule has 1 heterocycles. The number of carbonyl (C=O) groups is 1. The predicted molar refractivity (Wildman–Crippen MR) is 78.4 cm³/mol. The zero-order chi connectivity index (χ0) is 14.1. The van der Waals surface area contributed by atoms with E-state index in [0.717, 1.165) is 25.8 Å². The lowest BCUT2D eigenvalue weighted by Gasteiger charge is -2.13. The lowest BCUT2D eigenvalue weighted by molar-refractivity contribution is -0.117. The van der Waals surface area contributed by atoms with Crippen molar-refractivity contribution in [3.63, 3.8) is 0 Å². The third kappa shape index (κ3) is 2.87. The number of nitrogens with zero attached hydrogens (tertiary/aromatic N) is 2. The van der Waals surface area contributed by atoms with Gasteiger partial charge < -0.3 is 11.1 Å². The Balaban J connectivity index is 1.60. The van der Waals surface area contributed by atoms with Crippen molar-refractivity contribution in [3.05, 3.63) is 11.8 Å². The van der Waals surface area contributed by atoms with Crippen LogP contribution in [0.15, 0.2) is 6.07 Å². The molecule has 0 bridgehead atoms. The van der Waals surface area contributed by atoms with Gasteiger partial charge >= 0.3 is 0 Å². The third-order valence-corrected chi connectivity index (χ3v) is 4.54. The molecule has 1 aromatic rings. The summed E-state index contributed by atoms with van der Waals surface area (Å²) in [6.45, 7) is 2.94. The first-order chi connectivity index (χ1) is 9.67. The van der Waals surface area contributed by atoms with Crippen molar-refractivity contribution >= 4 is 11.7 Å². The zero-order valence-electron chi connectivity index (χ0n) is 12.1. The Labute approximate surface area is 119 Å². The van der Waals surface area contributed by atoms with Gasteiger partial charge in [0.05, 0.1) is 0 Å². The highest BCUT2D eigenvalue weighted by molar-refractivity contribution is 5.90. The molecular formula is C15H24N4O. The normalized spacial score (nSPS) is 25.9. The van der Waals surface area contributed by atoms with Crippen LogP contribution in [0.5, 0.6) is 0 Å². The monoisotopic (exact) mass is 276 g/mol. The number of nitrogens with two attached hydrogens (primary N) is 1. The van der Waals surface area contributed by atoms with Crippen molar-refractivity contribution in [2.45, 2.75) is 64.0 Å². The number of anilines is 1. The van der Waals surface area contributed by atoms with E-state index in [-0.39, 0.29) is 11.9 Å². The first kappa shape index (κ1) is 13.6. The van der Waals surface area contributed by atoms with Crippen LogP contribution in [-0.2, 0) is 11.3 Å². The van der Waals surface area contributed by atoms with Gasteiger partial charge in [0.25, 0.3) is 0 Å². The van der Waals surface area contributed by atoms with Crippen LogP contribution in [0.25, 0.3) is 0 Å². The maximum atomic E-state index is 12.1. The summed E-state index contributed by atoms with van der Waals surface area (Å²) in [6, 6.07) is 2.23. The molecule has 3 rings (SSSR count). The van der Waals surface area contributed by atoms with Crippen LogP contribution in [0, 0.1) is 5.92 Å². The summed E-state index contributed by atoms with van der Waals surface area (Å²) in [5, 5.41) is 7.42. The molecule has 0 spiro atoms. The molecular weight excluding hydrogens is 252 g/mol. The van der Waals surface area contributed by atoms with Crippen molar-refractivity contribution in [2.75, 3.05) is 5.32 Å². The lowest BCUT2D eigenvalue weighted by Crippen LogP contribution is -2.28. The molecule has 20 heavy (non-hydrogen) atoms. The van der Waals surface area contributed by atoms with Gasteiger partial charge in [-0.15, -0.1) is 0 Å². The molecule has 2 saturated carbocycles. The Kier molecular flexibility index (Phi) is 3.78. The van der Waals surface area contributed by atoms with Gasteiger partial charge in [-0.25, -0.2) is 0 Å². The van der Waals surface area contributed by atoms with E-state index >= 15 is 0 Å². The zero-order valence-corrected chi connectivity index (χ0v) is 12.1. The highest BCUT2D eigenvalue weighted by Crippen LogP contribution is 2.40. The second-order valence-corrected chi connectivity index (χ2v) is 6.15. The Morgan fingerprint density at radius 1 is 1.45 bits per heavy atom. The van der Waals surface area contributed by atoms with Gasteiger partial charge in [-0.1, -0.05) is 6.42 Å². The average Bonchev–Trinajstić information content (AvgIpc) is 3.08. The van der Waals surface area contributed by atoms with Gasteiger partial charge in [0.2, 0.25) is 5.91 Å². The van der Waals surface area contributed by atoms with Gasteiger partial charge in [-0.05, 0) is 38.5 Å². The smallest absolute Gasteiger partial charge is 0.225 e. The van der Waals surface area contributed by atoms with Crippen molar-refractivity contribution in [1.29, 1.82) is 0 Å². The van der Waals surface area contributed by atoms with Gasteiger partial charge in [-0.3, -0.25) is 9.48 Å². The minimum Gasteiger partial charge on any atom is -0.327 e. The number of amides is 1. The first-order valence-corrected chi connectivity index (χ1v) is 7.80. The third-order valence-electron chi connectivity index (χ3n) is 4.54. The highest BCUT2D eigenvalue weighted by atomic mass is 16.1. The topological polar surface area (TPSA) is 72.9 Å². The summed E-state index contributed by atoms with van der Waals surface area (Å²) in [5.41, 5.74) is 7.28. The quantitative estimate of drug-likeness (QED) is 0.866. The molecule has 110 valence electrons. The summed E-state index contributed by atoms with van der Waals surface area (Å²) in [6.07, 6.45) is 6.29. The molecule has 5 heteroatoms. The molecule has 3 N–H and O–H groups in total. The average molecular weight is 276 g/mol. The van der Waals surface area contributed by atoms with E-state index in [1.807, 2.05) is 10.7 Å². The maximum absolute atomic E-state index is 12.1. The molecule has 2 aliphatic carbocycles. The fraction of sp³-hybridized carbons (Fsp3) is 0.733. The Morgan fingerprint density at radius 3 is 2.85 bits per heavy atom. The molecule has 5 nitrogen and oxygen atoms in total. The van der Waals surface area contributed by atoms with Gasteiger partial charge in [0.15, 0.2) is 5.82 Å². The second kappa shape index (κ2) is 5.56. The fourth-order valence-corrected chi connectivity index (χ4v) is 3.20. The summed E-state index contributed by atoms with van der Waals surface area (Å²) in [5.74, 6) is 1.74. The van der Waals surface area contributed by atoms with Crippen molar-refractivity contribution in [3.8, 4) is 0 Å². The van der Waals surface area contributed by atoms with E-state index in [1.165, 1.54) is 18.5 Å². The van der Waals surface area contributed by atoms with Crippen LogP contribution >= 0.6 is 0 Å². The molecule has 0 radical (unpaired) electrons. The van der Waals surface area contributed by atoms with E-state index in [0.29, 0.717) is 24.1 Å². The highest BCUT2D eigenvalue weighted by Gasteiger charge is 2.29. The van der Waals surface area contributed by atoms with Crippen molar-refractivity contribution in [2.24, 2.45) is 11.7 Å². The Hall–Kier alpha value is -1.36. The van der Waals surface area contributed by atoms with Crippen LogP contribution in [0.2, 0.25) is 0 Å². The molecule has 2 atom stereocenters. The Morgan fingerprint density at radius 2 is 2.25 bits per heavy atom. The number of nitrogens with one attached hydrogen (secondary N) is 1. The summed E-state index contributed by atoms with van der Waals surface area (Å²) >= 11 is 0. The molecule has 0 unspecified atom stereocenters. The minimum atomic E-state index is 0.0513. The van der Waals surface area contributed by atoms with E-state index < -0.39 is 0 Å². The minimum absolute atomic E-state index is 0.0513. The van der Waals surface area contributed by atoms with Crippen LogP contribution in [0.1, 0.15) is 57.1 Å². The standard InChI is InChI=1S/C15H24N4O/c1-2-19-13(10-6-7-10)9-14(18-19)17-15(20)8-11-4-3-5-12(11)16/h9-12H,2-8,16H2,1H3,(H,17,18,20)/t11-,12+/m0/s1. The van der Waals surface area contributed by atoms with E-state index in [1.54, 1.807) is 0 Å². The van der Waals surface area contributed by atoms with E-state index in [4.69, 9.17) is 5.73 Å². The van der Waals surface area contributed by atoms with Crippen molar-refractivity contribution in [1.82, 2.24) is 9.78 Å². The number of aryl methyl sites for hydroxylation is 1. The van der Waals surface area contributed by atoms with Crippen LogP contribution in [-0.4, -0.2) is 21.7 Å². The fourth-order valence-electron chi connectivity index (χ4n) is 3.20. The van der Waals surface area contributed by atoms with Gasteiger partial charge in [-0.2, -0.15) is 5.10 Å². The number of hydrogen-bond acceptors (Lipinski definition) is 3. The first-order valence-electron chi connectivity index (χ1n) is 7.80.